The Bertz CT molecular complexity index is 401. The number of carbonyl (C=O) groups excluding carboxylic acids is 2. The summed E-state index contributed by atoms with van der Waals surface area (Å²) in [5, 5.41) is 3.04. The van der Waals surface area contributed by atoms with Gasteiger partial charge in [0.15, 0.2) is 0 Å². The molecule has 0 radical (unpaired) electrons. The van der Waals surface area contributed by atoms with E-state index < -0.39 is 5.54 Å². The second-order valence-corrected chi connectivity index (χ2v) is 7.75. The van der Waals surface area contributed by atoms with Crippen molar-refractivity contribution in [3.63, 3.8) is 0 Å². The van der Waals surface area contributed by atoms with Crippen LogP contribution in [-0.2, 0) is 9.59 Å². The van der Waals surface area contributed by atoms with E-state index in [-0.39, 0.29) is 29.8 Å². The molecule has 0 spiro atoms. The largest absolute Gasteiger partial charge is 0.340 e. The third-order valence-electron chi connectivity index (χ3n) is 5.00. The van der Waals surface area contributed by atoms with E-state index in [2.05, 4.69) is 5.32 Å². The summed E-state index contributed by atoms with van der Waals surface area (Å²) < 4.78 is 0. The molecule has 0 aromatic heterocycles. The van der Waals surface area contributed by atoms with Gasteiger partial charge >= 0.3 is 0 Å². The van der Waals surface area contributed by atoms with E-state index in [1.54, 1.807) is 0 Å². The molecule has 0 saturated carbocycles. The van der Waals surface area contributed by atoms with Gasteiger partial charge in [0.1, 0.15) is 11.6 Å². The maximum Gasteiger partial charge on any atom is 0.249 e. The Balaban J connectivity index is 2.36. The molecule has 4 nitrogen and oxygen atoms in total. The first-order valence-corrected chi connectivity index (χ1v) is 9.34. The van der Waals surface area contributed by atoms with E-state index in [1.807, 2.05) is 44.4 Å². The molecule has 2 aliphatic heterocycles. The summed E-state index contributed by atoms with van der Waals surface area (Å²) in [5.74, 6) is 2.50. The maximum atomic E-state index is 13.2. The molecule has 0 bridgehead atoms. The van der Waals surface area contributed by atoms with Gasteiger partial charge in [0.2, 0.25) is 11.8 Å². The standard InChI is InChI=1S/C16H28N2O2S/c1-5-16(6-2)15(20)18(12-7-9-21-10-8-12)13(11(3)4)14(19)17-16/h11-13H,5-10H2,1-4H3,(H,17,19). The molecular weight excluding hydrogens is 284 g/mol. The minimum atomic E-state index is -0.687. The topological polar surface area (TPSA) is 49.4 Å². The average Bonchev–Trinajstić information content (AvgIpc) is 2.49. The molecular formula is C16H28N2O2S. The van der Waals surface area contributed by atoms with Gasteiger partial charge in [-0.3, -0.25) is 9.59 Å². The molecule has 1 N–H and O–H groups in total. The number of piperazine rings is 1. The Morgan fingerprint density at radius 1 is 1.24 bits per heavy atom. The van der Waals surface area contributed by atoms with Gasteiger partial charge in [-0.05, 0) is 43.1 Å². The summed E-state index contributed by atoms with van der Waals surface area (Å²) in [6.45, 7) is 8.05. The van der Waals surface area contributed by atoms with Crippen LogP contribution in [0.4, 0.5) is 0 Å². The van der Waals surface area contributed by atoms with E-state index in [9.17, 15) is 9.59 Å². The number of thioether (sulfide) groups is 1. The number of hydrogen-bond acceptors (Lipinski definition) is 3. The maximum absolute atomic E-state index is 13.2. The van der Waals surface area contributed by atoms with Crippen molar-refractivity contribution in [3.8, 4) is 0 Å². The van der Waals surface area contributed by atoms with E-state index in [4.69, 9.17) is 0 Å². The highest BCUT2D eigenvalue weighted by Gasteiger charge is 2.51. The van der Waals surface area contributed by atoms with Crippen LogP contribution in [0.5, 0.6) is 0 Å². The van der Waals surface area contributed by atoms with Gasteiger partial charge in [0.05, 0.1) is 0 Å². The van der Waals surface area contributed by atoms with Crippen LogP contribution < -0.4 is 5.32 Å². The SMILES string of the molecule is CCC1(CC)NC(=O)C(C(C)C)N(C2CCSCC2)C1=O. The lowest BCUT2D eigenvalue weighted by atomic mass is 9.83. The first kappa shape index (κ1) is 16.7. The van der Waals surface area contributed by atoms with Gasteiger partial charge in [-0.1, -0.05) is 27.7 Å². The number of rotatable bonds is 4. The van der Waals surface area contributed by atoms with E-state index in [0.717, 1.165) is 24.3 Å². The molecule has 5 heteroatoms. The predicted octanol–water partition coefficient (Wildman–Crippen LogP) is 2.42. The lowest BCUT2D eigenvalue weighted by Gasteiger charge is -2.50. The summed E-state index contributed by atoms with van der Waals surface area (Å²) in [6.07, 6.45) is 3.35. The highest BCUT2D eigenvalue weighted by atomic mass is 32.2. The fourth-order valence-corrected chi connectivity index (χ4v) is 4.65. The highest BCUT2D eigenvalue weighted by molar-refractivity contribution is 7.99. The van der Waals surface area contributed by atoms with Crippen LogP contribution in [0.3, 0.4) is 0 Å². The summed E-state index contributed by atoms with van der Waals surface area (Å²) >= 11 is 1.95. The van der Waals surface area contributed by atoms with Gasteiger partial charge in [-0.15, -0.1) is 0 Å². The van der Waals surface area contributed by atoms with E-state index in [1.165, 1.54) is 0 Å². The zero-order valence-corrected chi connectivity index (χ0v) is 14.5. The summed E-state index contributed by atoms with van der Waals surface area (Å²) in [7, 11) is 0. The number of hydrogen-bond donors (Lipinski definition) is 1. The van der Waals surface area contributed by atoms with Crippen molar-refractivity contribution in [3.05, 3.63) is 0 Å². The fraction of sp³-hybridized carbons (Fsp3) is 0.875. The molecule has 2 aliphatic rings. The van der Waals surface area contributed by atoms with Gasteiger partial charge in [0, 0.05) is 6.04 Å². The van der Waals surface area contributed by atoms with E-state index >= 15 is 0 Å². The number of carbonyl (C=O) groups is 2. The van der Waals surface area contributed by atoms with Crippen molar-refractivity contribution >= 4 is 23.6 Å². The van der Waals surface area contributed by atoms with Crippen LogP contribution in [0.2, 0.25) is 0 Å². The molecule has 2 rings (SSSR count). The van der Waals surface area contributed by atoms with Crippen LogP contribution >= 0.6 is 11.8 Å². The third kappa shape index (κ3) is 2.94. The molecule has 2 saturated heterocycles. The Morgan fingerprint density at radius 3 is 2.29 bits per heavy atom. The van der Waals surface area contributed by atoms with Gasteiger partial charge < -0.3 is 10.2 Å². The lowest BCUT2D eigenvalue weighted by molar-refractivity contribution is -0.160. The van der Waals surface area contributed by atoms with Crippen molar-refractivity contribution in [2.75, 3.05) is 11.5 Å². The van der Waals surface area contributed by atoms with Crippen molar-refractivity contribution < 1.29 is 9.59 Å². The van der Waals surface area contributed by atoms with Crippen LogP contribution in [0, 0.1) is 5.92 Å². The molecule has 1 atom stereocenters. The van der Waals surface area contributed by atoms with Crippen LogP contribution in [-0.4, -0.2) is 45.8 Å². The minimum Gasteiger partial charge on any atom is -0.340 e. The molecule has 0 aromatic carbocycles. The van der Waals surface area contributed by atoms with Gasteiger partial charge in [-0.2, -0.15) is 11.8 Å². The van der Waals surface area contributed by atoms with Crippen molar-refractivity contribution in [2.24, 2.45) is 5.92 Å². The zero-order chi connectivity index (χ0) is 15.6. The van der Waals surface area contributed by atoms with Crippen molar-refractivity contribution in [2.45, 2.75) is 71.0 Å². The first-order valence-electron chi connectivity index (χ1n) is 8.19. The van der Waals surface area contributed by atoms with Gasteiger partial charge in [0.25, 0.3) is 0 Å². The first-order chi connectivity index (χ1) is 9.96. The number of nitrogens with one attached hydrogen (secondary N) is 1. The molecule has 120 valence electrons. The highest BCUT2D eigenvalue weighted by Crippen LogP contribution is 2.33. The van der Waals surface area contributed by atoms with Crippen LogP contribution in [0.1, 0.15) is 53.4 Å². The zero-order valence-electron chi connectivity index (χ0n) is 13.6. The summed E-state index contributed by atoms with van der Waals surface area (Å²) in [5.41, 5.74) is -0.687. The molecule has 0 aromatic rings. The Labute approximate surface area is 132 Å². The predicted molar refractivity (Wildman–Crippen MR) is 87.3 cm³/mol. The van der Waals surface area contributed by atoms with Gasteiger partial charge in [-0.25, -0.2) is 0 Å². The van der Waals surface area contributed by atoms with Crippen LogP contribution in [0.15, 0.2) is 0 Å². The second kappa shape index (κ2) is 6.59. The number of nitrogens with zero attached hydrogens (tertiary/aromatic N) is 1. The normalized spacial score (nSPS) is 27.1. The Morgan fingerprint density at radius 2 is 1.81 bits per heavy atom. The monoisotopic (exact) mass is 312 g/mol. The minimum absolute atomic E-state index is 0.0338. The number of amides is 2. The molecule has 2 heterocycles. The third-order valence-corrected chi connectivity index (χ3v) is 6.05. The fourth-order valence-electron chi connectivity index (χ4n) is 3.57. The molecule has 21 heavy (non-hydrogen) atoms. The molecule has 2 amide bonds. The van der Waals surface area contributed by atoms with Crippen LogP contribution in [0.25, 0.3) is 0 Å². The Kier molecular flexibility index (Phi) is 5.23. The van der Waals surface area contributed by atoms with Crippen molar-refractivity contribution in [1.29, 1.82) is 0 Å². The average molecular weight is 312 g/mol. The Hall–Kier alpha value is -0.710. The molecule has 0 aliphatic carbocycles. The second-order valence-electron chi connectivity index (χ2n) is 6.52. The molecule has 2 fully saturated rings. The van der Waals surface area contributed by atoms with E-state index in [0.29, 0.717) is 12.8 Å². The quantitative estimate of drug-likeness (QED) is 0.867. The lowest BCUT2D eigenvalue weighted by Crippen LogP contribution is -2.73. The smallest absolute Gasteiger partial charge is 0.249 e. The summed E-state index contributed by atoms with van der Waals surface area (Å²) in [6, 6.07) is -0.0773. The van der Waals surface area contributed by atoms with Crippen molar-refractivity contribution in [1.82, 2.24) is 10.2 Å². The molecule has 1 unspecified atom stereocenters. The summed E-state index contributed by atoms with van der Waals surface area (Å²) in [4.78, 5) is 27.8.